The molecular weight excluding hydrogens is 336 g/mol. The van der Waals surface area contributed by atoms with Gasteiger partial charge in [-0.1, -0.05) is 17.7 Å². The summed E-state index contributed by atoms with van der Waals surface area (Å²) in [5.41, 5.74) is 7.26. The summed E-state index contributed by atoms with van der Waals surface area (Å²) in [4.78, 5) is 0. The highest BCUT2D eigenvalue weighted by Crippen LogP contribution is 2.31. The Morgan fingerprint density at radius 1 is 1.21 bits per heavy atom. The van der Waals surface area contributed by atoms with Crippen molar-refractivity contribution in [3.8, 4) is 0 Å². The van der Waals surface area contributed by atoms with Crippen molar-refractivity contribution in [2.75, 3.05) is 0 Å². The second-order valence-electron chi connectivity index (χ2n) is 4.24. The van der Waals surface area contributed by atoms with Crippen molar-refractivity contribution < 1.29 is 8.78 Å². The van der Waals surface area contributed by atoms with Crippen LogP contribution in [0.4, 0.5) is 8.78 Å². The molecule has 100 valence electrons. The molecule has 0 spiro atoms. The SMILES string of the molecule is Cc1ccc(Cl)cc1C(N)c1c(F)ccc(Br)c1F. The van der Waals surface area contributed by atoms with Crippen LogP contribution in [-0.2, 0) is 0 Å². The van der Waals surface area contributed by atoms with Crippen LogP contribution in [0.3, 0.4) is 0 Å². The lowest BCUT2D eigenvalue weighted by Gasteiger charge is -2.17. The summed E-state index contributed by atoms with van der Waals surface area (Å²) >= 11 is 8.94. The Bertz CT molecular complexity index is 631. The number of rotatable bonds is 2. The molecule has 1 atom stereocenters. The molecule has 0 aliphatic heterocycles. The molecule has 0 saturated carbocycles. The Kier molecular flexibility index (Phi) is 4.23. The van der Waals surface area contributed by atoms with Gasteiger partial charge in [0, 0.05) is 10.6 Å². The monoisotopic (exact) mass is 345 g/mol. The van der Waals surface area contributed by atoms with Gasteiger partial charge in [-0.25, -0.2) is 8.78 Å². The quantitative estimate of drug-likeness (QED) is 0.781. The highest BCUT2D eigenvalue weighted by molar-refractivity contribution is 9.10. The Morgan fingerprint density at radius 3 is 2.58 bits per heavy atom. The van der Waals surface area contributed by atoms with Crippen molar-refractivity contribution in [1.29, 1.82) is 0 Å². The molecule has 0 fully saturated rings. The van der Waals surface area contributed by atoms with Gasteiger partial charge in [0.15, 0.2) is 0 Å². The molecule has 2 rings (SSSR count). The first kappa shape index (κ1) is 14.4. The molecule has 0 aliphatic carbocycles. The van der Waals surface area contributed by atoms with Crippen molar-refractivity contribution in [3.63, 3.8) is 0 Å². The van der Waals surface area contributed by atoms with Gasteiger partial charge in [0.25, 0.3) is 0 Å². The van der Waals surface area contributed by atoms with Gasteiger partial charge in [0.2, 0.25) is 0 Å². The van der Waals surface area contributed by atoms with E-state index >= 15 is 0 Å². The fourth-order valence-corrected chi connectivity index (χ4v) is 2.46. The first-order valence-corrected chi connectivity index (χ1v) is 6.74. The lowest BCUT2D eigenvalue weighted by atomic mass is 9.95. The first-order valence-electron chi connectivity index (χ1n) is 5.57. The van der Waals surface area contributed by atoms with Crippen LogP contribution in [0.25, 0.3) is 0 Å². The molecule has 0 heterocycles. The summed E-state index contributed by atoms with van der Waals surface area (Å²) < 4.78 is 28.0. The van der Waals surface area contributed by atoms with Crippen molar-refractivity contribution in [2.24, 2.45) is 5.73 Å². The van der Waals surface area contributed by atoms with E-state index in [4.69, 9.17) is 17.3 Å². The van der Waals surface area contributed by atoms with Gasteiger partial charge < -0.3 is 5.73 Å². The third-order valence-electron chi connectivity index (χ3n) is 2.97. The van der Waals surface area contributed by atoms with E-state index in [1.54, 1.807) is 18.2 Å². The zero-order valence-corrected chi connectivity index (χ0v) is 12.4. The topological polar surface area (TPSA) is 26.0 Å². The number of halogens is 4. The van der Waals surface area contributed by atoms with Crippen LogP contribution >= 0.6 is 27.5 Å². The number of aryl methyl sites for hydroxylation is 1. The van der Waals surface area contributed by atoms with Gasteiger partial charge in [0.1, 0.15) is 11.6 Å². The van der Waals surface area contributed by atoms with Crippen LogP contribution < -0.4 is 5.73 Å². The summed E-state index contributed by atoms with van der Waals surface area (Å²) in [6, 6.07) is 6.69. The van der Waals surface area contributed by atoms with E-state index in [1.807, 2.05) is 6.92 Å². The Morgan fingerprint density at radius 2 is 1.89 bits per heavy atom. The van der Waals surface area contributed by atoms with Crippen LogP contribution in [0.5, 0.6) is 0 Å². The molecule has 0 aromatic heterocycles. The predicted octanol–water partition coefficient (Wildman–Crippen LogP) is 4.74. The van der Waals surface area contributed by atoms with E-state index in [1.165, 1.54) is 12.1 Å². The van der Waals surface area contributed by atoms with Gasteiger partial charge in [0.05, 0.1) is 10.5 Å². The van der Waals surface area contributed by atoms with E-state index < -0.39 is 17.7 Å². The highest BCUT2D eigenvalue weighted by Gasteiger charge is 2.21. The number of hydrogen-bond acceptors (Lipinski definition) is 1. The molecule has 5 heteroatoms. The van der Waals surface area contributed by atoms with Gasteiger partial charge >= 0.3 is 0 Å². The standard InChI is InChI=1S/C14H11BrClF2N/c1-7-2-3-8(16)6-9(7)14(19)12-11(17)5-4-10(15)13(12)18/h2-6,14H,19H2,1H3. The smallest absolute Gasteiger partial charge is 0.145 e. The van der Waals surface area contributed by atoms with E-state index in [-0.39, 0.29) is 10.0 Å². The summed E-state index contributed by atoms with van der Waals surface area (Å²) in [5.74, 6) is -1.36. The number of benzene rings is 2. The summed E-state index contributed by atoms with van der Waals surface area (Å²) in [5, 5.41) is 0.479. The van der Waals surface area contributed by atoms with Gasteiger partial charge in [-0.3, -0.25) is 0 Å². The molecule has 1 unspecified atom stereocenters. The molecule has 0 radical (unpaired) electrons. The van der Waals surface area contributed by atoms with E-state index in [9.17, 15) is 8.78 Å². The maximum absolute atomic E-state index is 14.0. The Labute approximate surface area is 123 Å². The van der Waals surface area contributed by atoms with Crippen molar-refractivity contribution in [2.45, 2.75) is 13.0 Å². The Balaban J connectivity index is 2.59. The zero-order chi connectivity index (χ0) is 14.2. The van der Waals surface area contributed by atoms with Gasteiger partial charge in [-0.15, -0.1) is 0 Å². The number of hydrogen-bond donors (Lipinski definition) is 1. The highest BCUT2D eigenvalue weighted by atomic mass is 79.9. The number of nitrogens with two attached hydrogens (primary N) is 1. The van der Waals surface area contributed by atoms with Crippen molar-refractivity contribution >= 4 is 27.5 Å². The summed E-state index contributed by atoms with van der Waals surface area (Å²) in [6.07, 6.45) is 0. The molecule has 2 aromatic rings. The minimum Gasteiger partial charge on any atom is -0.320 e. The first-order chi connectivity index (χ1) is 8.91. The molecule has 0 bridgehead atoms. The maximum atomic E-state index is 14.0. The molecule has 2 aromatic carbocycles. The van der Waals surface area contributed by atoms with Crippen LogP contribution in [0, 0.1) is 18.6 Å². The summed E-state index contributed by atoms with van der Waals surface area (Å²) in [7, 11) is 0. The van der Waals surface area contributed by atoms with Crippen LogP contribution in [0.2, 0.25) is 5.02 Å². The Hall–Kier alpha value is -0.970. The molecule has 0 aliphatic rings. The second-order valence-corrected chi connectivity index (χ2v) is 5.53. The predicted molar refractivity (Wildman–Crippen MR) is 76.3 cm³/mol. The van der Waals surface area contributed by atoms with E-state index in [0.717, 1.165) is 5.56 Å². The maximum Gasteiger partial charge on any atom is 0.145 e. The third-order valence-corrected chi connectivity index (χ3v) is 3.81. The molecule has 1 nitrogen and oxygen atoms in total. The lowest BCUT2D eigenvalue weighted by Crippen LogP contribution is -2.17. The molecule has 2 N–H and O–H groups in total. The normalized spacial score (nSPS) is 12.5. The molecule has 0 saturated heterocycles. The summed E-state index contributed by atoms with van der Waals surface area (Å²) in [6.45, 7) is 1.82. The fourth-order valence-electron chi connectivity index (χ4n) is 1.93. The fraction of sp³-hybridized carbons (Fsp3) is 0.143. The largest absolute Gasteiger partial charge is 0.320 e. The minimum atomic E-state index is -0.906. The average molecular weight is 347 g/mol. The average Bonchev–Trinajstić information content (AvgIpc) is 2.37. The van der Waals surface area contributed by atoms with Crippen molar-refractivity contribution in [1.82, 2.24) is 0 Å². The van der Waals surface area contributed by atoms with E-state index in [2.05, 4.69) is 15.9 Å². The zero-order valence-electron chi connectivity index (χ0n) is 10.1. The second kappa shape index (κ2) is 5.57. The van der Waals surface area contributed by atoms with E-state index in [0.29, 0.717) is 10.6 Å². The van der Waals surface area contributed by atoms with Gasteiger partial charge in [-0.2, -0.15) is 0 Å². The van der Waals surface area contributed by atoms with Gasteiger partial charge in [-0.05, 0) is 58.2 Å². The molecule has 19 heavy (non-hydrogen) atoms. The minimum absolute atomic E-state index is 0.167. The molecular formula is C14H11BrClF2N. The van der Waals surface area contributed by atoms with Crippen LogP contribution in [-0.4, -0.2) is 0 Å². The van der Waals surface area contributed by atoms with Crippen LogP contribution in [0.15, 0.2) is 34.8 Å². The molecule has 0 amide bonds. The lowest BCUT2D eigenvalue weighted by molar-refractivity contribution is 0.539. The van der Waals surface area contributed by atoms with Crippen LogP contribution in [0.1, 0.15) is 22.7 Å². The van der Waals surface area contributed by atoms with Crippen molar-refractivity contribution in [3.05, 3.63) is 68.2 Å². The third kappa shape index (κ3) is 2.81.